The van der Waals surface area contributed by atoms with E-state index in [1.807, 2.05) is 13.8 Å². The number of rotatable bonds is 8. The molecule has 58 heavy (non-hydrogen) atoms. The van der Waals surface area contributed by atoms with Gasteiger partial charge in [0, 0.05) is 42.7 Å². The number of nitrogens with two attached hydrogens (primary N) is 1. The molecule has 0 aromatic heterocycles. The molecule has 2 aliphatic rings. The predicted octanol–water partition coefficient (Wildman–Crippen LogP) is 12.1. The Morgan fingerprint density at radius 1 is 0.586 bits per heavy atom. The fourth-order valence-corrected chi connectivity index (χ4v) is 10.3. The van der Waals surface area contributed by atoms with Crippen LogP contribution in [0.2, 0.25) is 20.1 Å². The summed E-state index contributed by atoms with van der Waals surface area (Å²) in [6, 6.07) is 23.0. The van der Waals surface area contributed by atoms with Crippen molar-refractivity contribution in [2.75, 3.05) is 6.38 Å². The quantitative estimate of drug-likeness (QED) is 0.102. The smallest absolute Gasteiger partial charge is 0.261 e. The van der Waals surface area contributed by atoms with Crippen LogP contribution in [0.5, 0.6) is 0 Å². The summed E-state index contributed by atoms with van der Waals surface area (Å²) >= 11 is 28.7. The number of nitrogens with one attached hydrogen (secondary N) is 1. The molecule has 2 fully saturated rings. The van der Waals surface area contributed by atoms with E-state index in [-0.39, 0.29) is 17.2 Å². The van der Waals surface area contributed by atoms with Gasteiger partial charge in [-0.1, -0.05) is 128 Å². The van der Waals surface area contributed by atoms with Crippen molar-refractivity contribution in [3.8, 4) is 0 Å². The topological polar surface area (TPSA) is 147 Å². The Morgan fingerprint density at radius 2 is 0.931 bits per heavy atom. The number of aliphatic hydroxyl groups excluding tert-OH is 2. The van der Waals surface area contributed by atoms with Crippen LogP contribution in [0, 0.1) is 13.8 Å². The third-order valence-electron chi connectivity index (χ3n) is 9.97. The van der Waals surface area contributed by atoms with Crippen LogP contribution in [0.4, 0.5) is 0 Å². The van der Waals surface area contributed by atoms with Crippen LogP contribution in [0.25, 0.3) is 0 Å². The van der Waals surface area contributed by atoms with Crippen LogP contribution in [0.15, 0.2) is 94.7 Å². The van der Waals surface area contributed by atoms with E-state index < -0.39 is 42.4 Å². The molecule has 2 aliphatic carbocycles. The van der Waals surface area contributed by atoms with Gasteiger partial charge in [-0.15, -0.1) is 11.6 Å². The van der Waals surface area contributed by atoms with Crippen molar-refractivity contribution in [1.29, 1.82) is 0 Å². The Hall–Kier alpha value is -1.64. The molecule has 0 radical (unpaired) electrons. The summed E-state index contributed by atoms with van der Waals surface area (Å²) in [4.78, 5) is 0.333. The zero-order valence-corrected chi connectivity index (χ0v) is 38.2. The number of benzene rings is 4. The van der Waals surface area contributed by atoms with Crippen molar-refractivity contribution >= 4 is 87.8 Å². The highest BCUT2D eigenvalue weighted by Gasteiger charge is 2.43. The minimum Gasteiger partial charge on any atom is -0.386 e. The normalized spacial score (nSPS) is 17.0. The predicted molar refractivity (Wildman–Crippen MR) is 243 cm³/mol. The molecule has 2 atom stereocenters. The minimum atomic E-state index is -3.78. The van der Waals surface area contributed by atoms with Gasteiger partial charge in [0.1, 0.15) is 0 Å². The van der Waals surface area contributed by atoms with Crippen molar-refractivity contribution < 1.29 is 27.0 Å². The van der Waals surface area contributed by atoms with Gasteiger partial charge >= 0.3 is 0 Å². The highest BCUT2D eigenvalue weighted by atomic mass is 35.7. The minimum absolute atomic E-state index is 0. The first-order valence-electron chi connectivity index (χ1n) is 18.3. The molecule has 322 valence electrons. The van der Waals surface area contributed by atoms with E-state index in [9.17, 15) is 27.0 Å². The van der Waals surface area contributed by atoms with E-state index in [1.165, 1.54) is 24.9 Å². The zero-order valence-electron chi connectivity index (χ0n) is 32.0. The number of halogens is 6. The number of sulfonamides is 1. The summed E-state index contributed by atoms with van der Waals surface area (Å²) in [6.07, 6.45) is 8.53. The molecule has 5 N–H and O–H groups in total. The summed E-state index contributed by atoms with van der Waals surface area (Å²) < 4.78 is 50.3. The molecule has 16 heteroatoms. The Labute approximate surface area is 374 Å². The SMILES string of the molecule is C.CCl.Cc1ccc(S(=O)(=O)Cl)cc1.Cc1ccc(S(=O)(=O)NC2(C(O)c3cc(Cl)cc(Cl)c3)CCCCC2)cc1.NC1(C(O)c2cc(Cl)cc(Cl)c2)CCCCC1. The van der Waals surface area contributed by atoms with Crippen LogP contribution in [0.1, 0.15) is 106 Å². The molecule has 0 bridgehead atoms. The monoisotopic (exact) mass is 956 g/mol. The Kier molecular flexibility index (Phi) is 21.3. The van der Waals surface area contributed by atoms with Gasteiger partial charge in [0.15, 0.2) is 0 Å². The lowest BCUT2D eigenvalue weighted by molar-refractivity contribution is 0.0473. The molecule has 4 aromatic carbocycles. The number of aryl methyl sites for hydroxylation is 2. The first-order chi connectivity index (χ1) is 26.7. The van der Waals surface area contributed by atoms with Crippen molar-refractivity contribution in [2.24, 2.45) is 5.73 Å². The molecular weight excluding hydrogens is 905 g/mol. The largest absolute Gasteiger partial charge is 0.386 e. The second-order valence-corrected chi connectivity index (χ2v) is 20.4. The third kappa shape index (κ3) is 15.4. The van der Waals surface area contributed by atoms with Gasteiger partial charge in [-0.25, -0.2) is 21.6 Å². The highest BCUT2D eigenvalue weighted by Crippen LogP contribution is 2.41. The Bertz CT molecular complexity index is 2070. The maximum Gasteiger partial charge on any atom is 0.261 e. The van der Waals surface area contributed by atoms with Gasteiger partial charge in [-0.3, -0.25) is 0 Å². The molecule has 8 nitrogen and oxygen atoms in total. The van der Waals surface area contributed by atoms with Crippen molar-refractivity contribution in [2.45, 2.75) is 119 Å². The molecular formula is C42H54Cl6N2O6S2. The molecule has 2 saturated carbocycles. The lowest BCUT2D eigenvalue weighted by atomic mass is 9.76. The first-order valence-corrected chi connectivity index (χ1v) is 24.4. The Balaban J connectivity index is 0.000000320. The molecule has 0 amide bonds. The van der Waals surface area contributed by atoms with Gasteiger partial charge in [-0.2, -0.15) is 0 Å². The molecule has 6 rings (SSSR count). The van der Waals surface area contributed by atoms with Gasteiger partial charge in [-0.05, 0) is 111 Å². The molecule has 4 aromatic rings. The molecule has 0 saturated heterocycles. The van der Waals surface area contributed by atoms with Crippen molar-refractivity contribution in [1.82, 2.24) is 4.72 Å². The summed E-state index contributed by atoms with van der Waals surface area (Å²) in [5, 5.41) is 23.4. The summed E-state index contributed by atoms with van der Waals surface area (Å²) in [5.74, 6) is 0. The Morgan fingerprint density at radius 3 is 1.31 bits per heavy atom. The van der Waals surface area contributed by atoms with Crippen LogP contribution in [-0.4, -0.2) is 44.5 Å². The lowest BCUT2D eigenvalue weighted by Crippen LogP contribution is -2.53. The van der Waals surface area contributed by atoms with Gasteiger partial charge in [0.2, 0.25) is 10.0 Å². The molecule has 0 heterocycles. The summed E-state index contributed by atoms with van der Waals surface area (Å²) in [6.45, 7) is 3.78. The molecule has 0 spiro atoms. The van der Waals surface area contributed by atoms with Crippen LogP contribution < -0.4 is 10.5 Å². The fraction of sp³-hybridized carbons (Fsp3) is 0.429. The average molecular weight is 960 g/mol. The van der Waals surface area contributed by atoms with E-state index in [1.54, 1.807) is 72.8 Å². The van der Waals surface area contributed by atoms with E-state index in [0.717, 1.165) is 56.1 Å². The molecule has 2 unspecified atom stereocenters. The maximum atomic E-state index is 13.0. The summed E-state index contributed by atoms with van der Waals surface area (Å²) in [7, 11) is -2.25. The zero-order chi connectivity index (χ0) is 42.6. The van der Waals surface area contributed by atoms with Crippen LogP contribution >= 0.6 is 68.7 Å². The second kappa shape index (κ2) is 23.5. The fourth-order valence-electron chi connectivity index (χ4n) is 6.96. The number of hydrogen-bond acceptors (Lipinski definition) is 7. The second-order valence-electron chi connectivity index (χ2n) is 14.4. The molecule has 0 aliphatic heterocycles. The summed E-state index contributed by atoms with van der Waals surface area (Å²) in [5.41, 5.74) is 7.99. The van der Waals surface area contributed by atoms with E-state index in [2.05, 4.69) is 16.3 Å². The first kappa shape index (κ1) is 52.5. The van der Waals surface area contributed by atoms with E-state index in [0.29, 0.717) is 44.1 Å². The standard InChI is InChI=1S/C20H23Cl2NO3S.C13H17Cl2NO.C7H7ClO2S.CH3Cl.CH4/c1-14-5-7-18(8-6-14)27(25,26)23-20(9-3-2-4-10-20)19(24)15-11-16(21)13-17(22)12-15;14-10-6-9(7-11(15)8-10)12(17)13(16)4-2-1-3-5-13;1-6-2-4-7(5-3-6)11(8,9)10;1-2;/h5-8,11-13,19,23-24H,2-4,9-10H2,1H3;6-8,12,17H,1-5,16H2;2-5H,1H3;1H3;1H4. The average Bonchev–Trinajstić information content (AvgIpc) is 3.15. The lowest BCUT2D eigenvalue weighted by Gasteiger charge is -2.41. The van der Waals surface area contributed by atoms with Gasteiger partial charge in [0.25, 0.3) is 9.05 Å². The van der Waals surface area contributed by atoms with Crippen molar-refractivity contribution in [3.05, 3.63) is 127 Å². The third-order valence-corrected chi connectivity index (χ3v) is 13.8. The maximum absolute atomic E-state index is 13.0. The van der Waals surface area contributed by atoms with Crippen molar-refractivity contribution in [3.63, 3.8) is 0 Å². The highest BCUT2D eigenvalue weighted by molar-refractivity contribution is 8.13. The van der Waals surface area contributed by atoms with E-state index >= 15 is 0 Å². The van der Waals surface area contributed by atoms with Gasteiger partial charge < -0.3 is 15.9 Å². The van der Waals surface area contributed by atoms with Crippen LogP contribution in [-0.2, 0) is 19.1 Å². The van der Waals surface area contributed by atoms with Gasteiger partial charge in [0.05, 0.1) is 27.5 Å². The van der Waals surface area contributed by atoms with Crippen LogP contribution in [0.3, 0.4) is 0 Å². The van der Waals surface area contributed by atoms with E-state index in [4.69, 9.17) is 62.8 Å². The number of aliphatic hydroxyl groups is 2. The number of hydrogen-bond donors (Lipinski definition) is 4. The number of alkyl halides is 1.